The van der Waals surface area contributed by atoms with E-state index in [-0.39, 0.29) is 17.2 Å². The van der Waals surface area contributed by atoms with Crippen LogP contribution in [0.15, 0.2) is 0 Å². The van der Waals surface area contributed by atoms with Gasteiger partial charge in [0.05, 0.1) is 0 Å². The largest absolute Gasteiger partial charge is 0.296 e. The Morgan fingerprint density at radius 3 is 2.19 bits per heavy atom. The van der Waals surface area contributed by atoms with Crippen LogP contribution >= 0.6 is 0 Å². The van der Waals surface area contributed by atoms with E-state index in [2.05, 4.69) is 19.2 Å². The second kappa shape index (κ2) is 3.86. The summed E-state index contributed by atoms with van der Waals surface area (Å²) in [6.45, 7) is 4.58. The van der Waals surface area contributed by atoms with Gasteiger partial charge in [0.2, 0.25) is 11.8 Å². The Balaban J connectivity index is 2.12. The monoisotopic (exact) mass is 223 g/mol. The maximum absolute atomic E-state index is 11.5. The molecule has 0 bridgehead atoms. The van der Waals surface area contributed by atoms with Gasteiger partial charge in [-0.1, -0.05) is 20.3 Å². The molecule has 1 aliphatic carbocycles. The first-order valence-electron chi connectivity index (χ1n) is 6.24. The highest BCUT2D eigenvalue weighted by Gasteiger charge is 2.41. The van der Waals surface area contributed by atoms with E-state index in [1.54, 1.807) is 0 Å². The summed E-state index contributed by atoms with van der Waals surface area (Å²) in [7, 11) is 0. The molecule has 0 aromatic heterocycles. The second-order valence-corrected chi connectivity index (χ2v) is 6.34. The van der Waals surface area contributed by atoms with Gasteiger partial charge in [-0.3, -0.25) is 14.9 Å². The molecule has 1 saturated carbocycles. The summed E-state index contributed by atoms with van der Waals surface area (Å²) < 4.78 is 0. The molecule has 1 N–H and O–H groups in total. The number of hydrogen-bond donors (Lipinski definition) is 1. The maximum Gasteiger partial charge on any atom is 0.227 e. The molecule has 2 fully saturated rings. The van der Waals surface area contributed by atoms with Crippen LogP contribution in [0, 0.1) is 10.8 Å². The van der Waals surface area contributed by atoms with Gasteiger partial charge in [-0.15, -0.1) is 0 Å². The molecule has 90 valence electrons. The lowest BCUT2D eigenvalue weighted by Gasteiger charge is -2.35. The van der Waals surface area contributed by atoms with Crippen molar-refractivity contribution >= 4 is 11.8 Å². The molecule has 1 saturated heterocycles. The van der Waals surface area contributed by atoms with E-state index in [0.29, 0.717) is 18.3 Å². The Kier molecular flexibility index (Phi) is 2.81. The van der Waals surface area contributed by atoms with E-state index in [1.165, 1.54) is 6.42 Å². The Hall–Kier alpha value is -0.860. The third-order valence-corrected chi connectivity index (χ3v) is 4.24. The molecule has 2 rings (SSSR count). The van der Waals surface area contributed by atoms with E-state index in [0.717, 1.165) is 25.7 Å². The number of hydrogen-bond acceptors (Lipinski definition) is 2. The fourth-order valence-corrected chi connectivity index (χ4v) is 3.14. The third kappa shape index (κ3) is 2.45. The van der Waals surface area contributed by atoms with Gasteiger partial charge in [0.1, 0.15) is 0 Å². The van der Waals surface area contributed by atoms with E-state index in [1.807, 2.05) is 0 Å². The van der Waals surface area contributed by atoms with E-state index >= 15 is 0 Å². The van der Waals surface area contributed by atoms with Crippen molar-refractivity contribution in [1.82, 2.24) is 5.32 Å². The summed E-state index contributed by atoms with van der Waals surface area (Å²) in [6.07, 6.45) is 6.66. The Morgan fingerprint density at radius 2 is 1.56 bits per heavy atom. The van der Waals surface area contributed by atoms with Crippen LogP contribution in [0.4, 0.5) is 0 Å². The molecule has 3 nitrogen and oxygen atoms in total. The van der Waals surface area contributed by atoms with Gasteiger partial charge in [-0.05, 0) is 36.5 Å². The quantitative estimate of drug-likeness (QED) is 0.641. The fraction of sp³-hybridized carbons (Fsp3) is 0.846. The number of carbonyl (C=O) groups excluding carboxylic acids is 2. The molecule has 0 radical (unpaired) electrons. The minimum atomic E-state index is -0.0732. The zero-order chi connectivity index (χ0) is 11.8. The van der Waals surface area contributed by atoms with Gasteiger partial charge in [0, 0.05) is 12.8 Å². The molecule has 1 heterocycles. The first-order chi connectivity index (χ1) is 7.41. The average molecular weight is 223 g/mol. The topological polar surface area (TPSA) is 46.2 Å². The normalized spacial score (nSPS) is 28.6. The summed E-state index contributed by atoms with van der Waals surface area (Å²) in [4.78, 5) is 23.0. The van der Waals surface area contributed by atoms with Crippen LogP contribution in [-0.2, 0) is 9.59 Å². The number of nitrogens with one attached hydrogen (secondary N) is 1. The van der Waals surface area contributed by atoms with Crippen LogP contribution in [0.25, 0.3) is 0 Å². The van der Waals surface area contributed by atoms with Crippen molar-refractivity contribution < 1.29 is 9.59 Å². The van der Waals surface area contributed by atoms with Crippen molar-refractivity contribution in [2.45, 2.75) is 58.8 Å². The lowest BCUT2D eigenvalue weighted by molar-refractivity contribution is -0.138. The smallest absolute Gasteiger partial charge is 0.227 e. The summed E-state index contributed by atoms with van der Waals surface area (Å²) in [5, 5.41) is 2.41. The summed E-state index contributed by atoms with van der Waals surface area (Å²) in [6, 6.07) is 0. The predicted molar refractivity (Wildman–Crippen MR) is 61.7 cm³/mol. The maximum atomic E-state index is 11.5. The molecular formula is C13H21NO2. The van der Waals surface area contributed by atoms with Crippen molar-refractivity contribution in [3.63, 3.8) is 0 Å². The van der Waals surface area contributed by atoms with Crippen LogP contribution < -0.4 is 5.32 Å². The highest BCUT2D eigenvalue weighted by molar-refractivity contribution is 5.98. The standard InChI is InChI=1S/C13H21NO2/c1-12(2)4-3-5-13(7-6-12)8-10(15)14-11(16)9-13/h3-9H2,1-2H3,(H,14,15,16). The Labute approximate surface area is 97.0 Å². The number of piperidine rings is 1. The number of rotatable bonds is 0. The summed E-state index contributed by atoms with van der Waals surface area (Å²) in [5.74, 6) is -0.146. The van der Waals surface area contributed by atoms with Crippen molar-refractivity contribution in [3.05, 3.63) is 0 Å². The van der Waals surface area contributed by atoms with Crippen LogP contribution in [0.5, 0.6) is 0 Å². The lowest BCUT2D eigenvalue weighted by atomic mass is 9.72. The Morgan fingerprint density at radius 1 is 0.938 bits per heavy atom. The average Bonchev–Trinajstić information content (AvgIpc) is 2.25. The molecule has 2 amide bonds. The molecule has 16 heavy (non-hydrogen) atoms. The van der Waals surface area contributed by atoms with Gasteiger partial charge >= 0.3 is 0 Å². The molecule has 0 atom stereocenters. The molecule has 2 aliphatic rings. The fourth-order valence-electron chi connectivity index (χ4n) is 3.14. The molecular weight excluding hydrogens is 202 g/mol. The van der Waals surface area contributed by atoms with Crippen LogP contribution in [0.2, 0.25) is 0 Å². The van der Waals surface area contributed by atoms with Crippen molar-refractivity contribution in [1.29, 1.82) is 0 Å². The van der Waals surface area contributed by atoms with Crippen molar-refractivity contribution in [2.24, 2.45) is 10.8 Å². The minimum Gasteiger partial charge on any atom is -0.296 e. The van der Waals surface area contributed by atoms with Crippen LogP contribution in [0.3, 0.4) is 0 Å². The third-order valence-electron chi connectivity index (χ3n) is 4.24. The first-order valence-corrected chi connectivity index (χ1v) is 6.24. The molecule has 3 heteroatoms. The zero-order valence-electron chi connectivity index (χ0n) is 10.3. The second-order valence-electron chi connectivity index (χ2n) is 6.34. The SMILES string of the molecule is CC1(C)CCCC2(CC1)CC(=O)NC(=O)C2. The molecule has 0 aromatic carbocycles. The van der Waals surface area contributed by atoms with E-state index in [9.17, 15) is 9.59 Å². The highest BCUT2D eigenvalue weighted by atomic mass is 16.2. The Bertz CT molecular complexity index is 304. The number of imide groups is 1. The molecule has 1 spiro atoms. The molecule has 0 unspecified atom stereocenters. The first kappa shape index (κ1) is 11.6. The zero-order valence-corrected chi connectivity index (χ0v) is 10.3. The van der Waals surface area contributed by atoms with Gasteiger partial charge in [-0.2, -0.15) is 0 Å². The van der Waals surface area contributed by atoms with Gasteiger partial charge in [-0.25, -0.2) is 0 Å². The predicted octanol–water partition coefficient (Wildman–Crippen LogP) is 2.40. The van der Waals surface area contributed by atoms with Gasteiger partial charge in [0.25, 0.3) is 0 Å². The molecule has 0 aromatic rings. The summed E-state index contributed by atoms with van der Waals surface area (Å²) in [5.41, 5.74) is 0.355. The van der Waals surface area contributed by atoms with Crippen molar-refractivity contribution in [3.8, 4) is 0 Å². The van der Waals surface area contributed by atoms with Crippen LogP contribution in [-0.4, -0.2) is 11.8 Å². The summed E-state index contributed by atoms with van der Waals surface area (Å²) >= 11 is 0. The van der Waals surface area contributed by atoms with Gasteiger partial charge < -0.3 is 0 Å². The highest BCUT2D eigenvalue weighted by Crippen LogP contribution is 2.47. The number of carbonyl (C=O) groups is 2. The lowest BCUT2D eigenvalue weighted by Crippen LogP contribution is -2.44. The molecule has 1 aliphatic heterocycles. The van der Waals surface area contributed by atoms with Crippen LogP contribution in [0.1, 0.15) is 58.8 Å². The van der Waals surface area contributed by atoms with Crippen molar-refractivity contribution in [2.75, 3.05) is 0 Å². The minimum absolute atomic E-state index is 0.0206. The van der Waals surface area contributed by atoms with E-state index < -0.39 is 0 Å². The number of amides is 2. The van der Waals surface area contributed by atoms with Gasteiger partial charge in [0.15, 0.2) is 0 Å². The van der Waals surface area contributed by atoms with E-state index in [4.69, 9.17) is 0 Å².